The summed E-state index contributed by atoms with van der Waals surface area (Å²) in [4.78, 5) is 6.70. The van der Waals surface area contributed by atoms with Crippen LogP contribution in [-0.4, -0.2) is 36.4 Å². The number of benzene rings is 2. The zero-order chi connectivity index (χ0) is 19.1. The van der Waals surface area contributed by atoms with E-state index in [9.17, 15) is 0 Å². The van der Waals surface area contributed by atoms with E-state index in [0.717, 1.165) is 40.4 Å². The molecule has 0 N–H and O–H groups in total. The van der Waals surface area contributed by atoms with Crippen molar-refractivity contribution in [1.82, 2.24) is 4.98 Å². The molecular weight excluding hydrogens is 403 g/mol. The number of anilines is 1. The van der Waals surface area contributed by atoms with E-state index in [1.54, 1.807) is 0 Å². The Kier molecular flexibility index (Phi) is 7.26. The first-order valence-corrected chi connectivity index (χ1v) is 10.5. The highest BCUT2D eigenvalue weighted by Gasteiger charge is 2.06. The van der Waals surface area contributed by atoms with Gasteiger partial charge in [0.15, 0.2) is 0 Å². The van der Waals surface area contributed by atoms with E-state index in [-0.39, 0.29) is 0 Å². The fraction of sp³-hybridized carbons (Fsp3) is 0.316. The summed E-state index contributed by atoms with van der Waals surface area (Å²) < 4.78 is 6.55. The van der Waals surface area contributed by atoms with Crippen molar-refractivity contribution in [3.05, 3.63) is 42.5 Å². The van der Waals surface area contributed by atoms with Crippen molar-refractivity contribution in [2.75, 3.05) is 36.4 Å². The van der Waals surface area contributed by atoms with E-state index in [4.69, 9.17) is 27.9 Å². The van der Waals surface area contributed by atoms with Gasteiger partial charge in [-0.25, -0.2) is 4.98 Å². The first-order chi connectivity index (χ1) is 13.2. The summed E-state index contributed by atoms with van der Waals surface area (Å²) in [5.74, 6) is 1.84. The Morgan fingerprint density at radius 2 is 1.89 bits per heavy atom. The third-order valence-electron chi connectivity index (χ3n) is 3.90. The minimum Gasteiger partial charge on any atom is -0.492 e. The van der Waals surface area contributed by atoms with Gasteiger partial charge in [-0.15, -0.1) is 33.4 Å². The molecule has 3 rings (SSSR count). The second-order valence-electron chi connectivity index (χ2n) is 5.65. The summed E-state index contributed by atoms with van der Waals surface area (Å²) in [6.45, 7) is 4.32. The normalized spacial score (nSPS) is 11.4. The number of hydrogen-bond donors (Lipinski definition) is 0. The van der Waals surface area contributed by atoms with Crippen LogP contribution in [0.4, 0.5) is 16.5 Å². The lowest BCUT2D eigenvalue weighted by molar-refractivity contribution is 0.343. The van der Waals surface area contributed by atoms with Crippen molar-refractivity contribution >= 4 is 61.3 Å². The summed E-state index contributed by atoms with van der Waals surface area (Å²) in [5, 5.41) is 9.18. The third-order valence-corrected chi connectivity index (χ3v) is 5.12. The van der Waals surface area contributed by atoms with E-state index in [2.05, 4.69) is 27.0 Å². The maximum atomic E-state index is 5.85. The predicted molar refractivity (Wildman–Crippen MR) is 115 cm³/mol. The van der Waals surface area contributed by atoms with Gasteiger partial charge in [0.05, 0.1) is 21.8 Å². The highest BCUT2D eigenvalue weighted by molar-refractivity contribution is 7.21. The van der Waals surface area contributed by atoms with E-state index >= 15 is 0 Å². The number of alkyl halides is 2. The molecular formula is C19H20Cl2N4OS. The van der Waals surface area contributed by atoms with Gasteiger partial charge in [0, 0.05) is 24.7 Å². The number of halogens is 2. The van der Waals surface area contributed by atoms with Gasteiger partial charge in [0.25, 0.3) is 0 Å². The highest BCUT2D eigenvalue weighted by atomic mass is 35.5. The van der Waals surface area contributed by atoms with E-state index in [1.807, 2.05) is 42.5 Å². The lowest BCUT2D eigenvalue weighted by Crippen LogP contribution is -2.24. The molecule has 3 aromatic rings. The zero-order valence-electron chi connectivity index (χ0n) is 14.9. The lowest BCUT2D eigenvalue weighted by Gasteiger charge is -2.21. The number of ether oxygens (including phenoxy) is 1. The van der Waals surface area contributed by atoms with Crippen molar-refractivity contribution in [2.24, 2.45) is 10.2 Å². The standard InChI is InChI=1S/C19H20Cl2N4OS/c1-2-25(11-9-20)15-5-3-14(4-6-15)23-24-19-22-17-8-7-16(26-12-10-21)13-18(17)27-19/h3-8,13H,2,9-12H2,1H3. The van der Waals surface area contributed by atoms with Gasteiger partial charge in [-0.1, -0.05) is 11.3 Å². The summed E-state index contributed by atoms with van der Waals surface area (Å²) in [7, 11) is 0. The molecule has 8 heteroatoms. The Labute approximate surface area is 172 Å². The molecule has 0 aliphatic rings. The van der Waals surface area contributed by atoms with E-state index < -0.39 is 0 Å². The van der Waals surface area contributed by atoms with Gasteiger partial charge in [-0.3, -0.25) is 0 Å². The molecule has 142 valence electrons. The molecule has 0 atom stereocenters. The molecule has 0 fully saturated rings. The Morgan fingerprint density at radius 3 is 2.59 bits per heavy atom. The molecule has 0 radical (unpaired) electrons. The van der Waals surface area contributed by atoms with Crippen LogP contribution >= 0.6 is 34.5 Å². The highest BCUT2D eigenvalue weighted by Crippen LogP contribution is 2.32. The molecule has 0 saturated heterocycles. The van der Waals surface area contributed by atoms with Crippen molar-refractivity contribution < 1.29 is 4.74 Å². The monoisotopic (exact) mass is 422 g/mol. The average molecular weight is 423 g/mol. The van der Waals surface area contributed by atoms with Crippen molar-refractivity contribution in [2.45, 2.75) is 6.92 Å². The van der Waals surface area contributed by atoms with Crippen LogP contribution in [0.15, 0.2) is 52.7 Å². The molecule has 27 heavy (non-hydrogen) atoms. The van der Waals surface area contributed by atoms with Crippen LogP contribution in [0.5, 0.6) is 5.75 Å². The van der Waals surface area contributed by atoms with Gasteiger partial charge >= 0.3 is 0 Å². The Morgan fingerprint density at radius 1 is 1.07 bits per heavy atom. The molecule has 0 saturated carbocycles. The summed E-state index contributed by atoms with van der Waals surface area (Å²) in [5.41, 5.74) is 2.79. The van der Waals surface area contributed by atoms with Crippen molar-refractivity contribution in [3.63, 3.8) is 0 Å². The first kappa shape index (κ1) is 19.9. The fourth-order valence-corrected chi connectivity index (χ4v) is 3.68. The Bertz CT molecular complexity index is 898. The number of azo groups is 1. The molecule has 1 aromatic heterocycles. The van der Waals surface area contributed by atoms with Crippen LogP contribution in [-0.2, 0) is 0 Å². The number of thiazole rings is 1. The molecule has 0 aliphatic carbocycles. The fourth-order valence-electron chi connectivity index (χ4n) is 2.58. The van der Waals surface area contributed by atoms with Gasteiger partial charge in [-0.2, -0.15) is 0 Å². The molecule has 0 unspecified atom stereocenters. The van der Waals surface area contributed by atoms with Crippen LogP contribution < -0.4 is 9.64 Å². The topological polar surface area (TPSA) is 50.1 Å². The minimum atomic E-state index is 0.459. The zero-order valence-corrected chi connectivity index (χ0v) is 17.3. The summed E-state index contributed by atoms with van der Waals surface area (Å²) in [6.07, 6.45) is 0. The first-order valence-electron chi connectivity index (χ1n) is 8.65. The van der Waals surface area contributed by atoms with Crippen LogP contribution in [0.25, 0.3) is 10.2 Å². The lowest BCUT2D eigenvalue weighted by atomic mass is 10.2. The third kappa shape index (κ3) is 5.31. The second kappa shape index (κ2) is 9.88. The van der Waals surface area contributed by atoms with Crippen LogP contribution in [0.3, 0.4) is 0 Å². The van der Waals surface area contributed by atoms with Gasteiger partial charge in [0.2, 0.25) is 5.13 Å². The van der Waals surface area contributed by atoms with Crippen molar-refractivity contribution in [3.8, 4) is 5.75 Å². The Hall–Kier alpha value is -1.89. The molecule has 1 heterocycles. The number of rotatable bonds is 9. The second-order valence-corrected chi connectivity index (χ2v) is 7.41. The smallest absolute Gasteiger partial charge is 0.231 e. The predicted octanol–water partition coefficient (Wildman–Crippen LogP) is 6.39. The summed E-state index contributed by atoms with van der Waals surface area (Å²) in [6, 6.07) is 13.7. The SMILES string of the molecule is CCN(CCCl)c1ccc(N=Nc2nc3ccc(OCCCl)cc3s2)cc1. The number of aromatic nitrogens is 1. The molecule has 0 bridgehead atoms. The average Bonchev–Trinajstić information content (AvgIpc) is 3.11. The minimum absolute atomic E-state index is 0.459. The molecule has 0 amide bonds. The number of fused-ring (bicyclic) bond motifs is 1. The maximum absolute atomic E-state index is 5.85. The quantitative estimate of drug-likeness (QED) is 0.296. The van der Waals surface area contributed by atoms with Crippen molar-refractivity contribution in [1.29, 1.82) is 0 Å². The van der Waals surface area contributed by atoms with E-state index in [0.29, 0.717) is 23.5 Å². The molecule has 5 nitrogen and oxygen atoms in total. The summed E-state index contributed by atoms with van der Waals surface area (Å²) >= 11 is 13.0. The van der Waals surface area contributed by atoms with Crippen LogP contribution in [0.1, 0.15) is 6.92 Å². The molecule has 0 spiro atoms. The number of hydrogen-bond acceptors (Lipinski definition) is 6. The maximum Gasteiger partial charge on any atom is 0.231 e. The molecule has 2 aromatic carbocycles. The largest absolute Gasteiger partial charge is 0.492 e. The van der Waals surface area contributed by atoms with Gasteiger partial charge in [0.1, 0.15) is 12.4 Å². The van der Waals surface area contributed by atoms with Gasteiger partial charge < -0.3 is 9.64 Å². The molecule has 0 aliphatic heterocycles. The van der Waals surface area contributed by atoms with Crippen LogP contribution in [0, 0.1) is 0 Å². The number of nitrogens with zero attached hydrogens (tertiary/aromatic N) is 4. The van der Waals surface area contributed by atoms with Crippen LogP contribution in [0.2, 0.25) is 0 Å². The Balaban J connectivity index is 1.71. The van der Waals surface area contributed by atoms with E-state index in [1.165, 1.54) is 11.3 Å². The van der Waals surface area contributed by atoms with Gasteiger partial charge in [-0.05, 0) is 49.4 Å².